The first kappa shape index (κ1) is 13.8. The van der Waals surface area contributed by atoms with Crippen LogP contribution < -0.4 is 0 Å². The Hall–Kier alpha value is -0.780. The third kappa shape index (κ3) is 4.17. The molecule has 70 valence electrons. The molecule has 0 unspecified atom stereocenters. The fourth-order valence-electron chi connectivity index (χ4n) is 1.01. The van der Waals surface area contributed by atoms with Gasteiger partial charge in [0.1, 0.15) is 0 Å². The van der Waals surface area contributed by atoms with E-state index in [0.717, 1.165) is 6.42 Å². The molecule has 1 aromatic carbocycles. The average Bonchev–Trinajstić information content (AvgIpc) is 2.09. The summed E-state index contributed by atoms with van der Waals surface area (Å²) >= 11 is 0. The standard InChI is InChI=1S/C9H12.C2H6.CH4/c1-3-9-7-5-4-6-8(9)2;1-2;/h4-7H,3H2,1-2H3;1-2H3;1H4. The van der Waals surface area contributed by atoms with Crippen molar-refractivity contribution in [2.45, 2.75) is 41.5 Å². The van der Waals surface area contributed by atoms with Gasteiger partial charge in [0.25, 0.3) is 0 Å². The van der Waals surface area contributed by atoms with Crippen molar-refractivity contribution in [3.05, 3.63) is 35.4 Å². The normalized spacial score (nSPS) is 7.67. The smallest absolute Gasteiger partial charge is 0.0305 e. The van der Waals surface area contributed by atoms with Crippen LogP contribution in [0.5, 0.6) is 0 Å². The van der Waals surface area contributed by atoms with Crippen LogP contribution in [0.3, 0.4) is 0 Å². The fraction of sp³-hybridized carbons (Fsp3) is 0.500. The summed E-state index contributed by atoms with van der Waals surface area (Å²) in [6.45, 7) is 8.33. The number of benzene rings is 1. The summed E-state index contributed by atoms with van der Waals surface area (Å²) in [6.07, 6.45) is 1.15. The zero-order valence-electron chi connectivity index (χ0n) is 8.02. The van der Waals surface area contributed by atoms with Crippen LogP contribution in [0.25, 0.3) is 0 Å². The van der Waals surface area contributed by atoms with Crippen LogP contribution in [0.2, 0.25) is 0 Å². The summed E-state index contributed by atoms with van der Waals surface area (Å²) in [5, 5.41) is 0. The van der Waals surface area contributed by atoms with Gasteiger partial charge in [-0.3, -0.25) is 0 Å². The van der Waals surface area contributed by atoms with Gasteiger partial charge in [-0.15, -0.1) is 0 Å². The van der Waals surface area contributed by atoms with Gasteiger partial charge in [0.2, 0.25) is 0 Å². The molecule has 0 atom stereocenters. The molecule has 0 heteroatoms. The monoisotopic (exact) mass is 166 g/mol. The van der Waals surface area contributed by atoms with E-state index in [0.29, 0.717) is 0 Å². The third-order valence-corrected chi connectivity index (χ3v) is 1.64. The summed E-state index contributed by atoms with van der Waals surface area (Å²) in [5.74, 6) is 0. The second kappa shape index (κ2) is 8.32. The highest BCUT2D eigenvalue weighted by molar-refractivity contribution is 5.24. The number of hydrogen-bond donors (Lipinski definition) is 0. The molecule has 0 saturated heterocycles. The van der Waals surface area contributed by atoms with Crippen molar-refractivity contribution in [1.29, 1.82) is 0 Å². The van der Waals surface area contributed by atoms with Crippen LogP contribution in [0.15, 0.2) is 24.3 Å². The first-order valence-electron chi connectivity index (χ1n) is 4.39. The van der Waals surface area contributed by atoms with Crippen molar-refractivity contribution in [3.8, 4) is 0 Å². The van der Waals surface area contributed by atoms with E-state index in [4.69, 9.17) is 0 Å². The van der Waals surface area contributed by atoms with E-state index in [1.54, 1.807) is 0 Å². The molecule has 0 radical (unpaired) electrons. The van der Waals surface area contributed by atoms with Crippen LogP contribution in [-0.2, 0) is 6.42 Å². The molecule has 0 aliphatic heterocycles. The predicted molar refractivity (Wildman–Crippen MR) is 58.6 cm³/mol. The van der Waals surface area contributed by atoms with Crippen LogP contribution in [0.4, 0.5) is 0 Å². The van der Waals surface area contributed by atoms with Crippen LogP contribution in [-0.4, -0.2) is 0 Å². The van der Waals surface area contributed by atoms with Crippen molar-refractivity contribution in [3.63, 3.8) is 0 Å². The van der Waals surface area contributed by atoms with Crippen molar-refractivity contribution >= 4 is 0 Å². The molecule has 0 saturated carbocycles. The summed E-state index contributed by atoms with van der Waals surface area (Å²) in [4.78, 5) is 0. The number of hydrogen-bond acceptors (Lipinski definition) is 0. The number of aryl methyl sites for hydroxylation is 2. The molecular formula is C12H22. The zero-order chi connectivity index (χ0) is 8.69. The molecule has 12 heavy (non-hydrogen) atoms. The molecule has 0 bridgehead atoms. The van der Waals surface area contributed by atoms with E-state index in [-0.39, 0.29) is 7.43 Å². The van der Waals surface area contributed by atoms with E-state index in [1.165, 1.54) is 11.1 Å². The maximum atomic E-state index is 2.18. The van der Waals surface area contributed by atoms with Gasteiger partial charge in [0.15, 0.2) is 0 Å². The summed E-state index contributed by atoms with van der Waals surface area (Å²) in [5.41, 5.74) is 2.86. The SMILES string of the molecule is C.CC.CCc1ccccc1C. The Bertz CT molecular complexity index is 189. The predicted octanol–water partition coefficient (Wildman–Crippen LogP) is 4.22. The second-order valence-corrected chi connectivity index (χ2v) is 2.28. The van der Waals surface area contributed by atoms with Gasteiger partial charge in [0, 0.05) is 0 Å². The zero-order valence-corrected chi connectivity index (χ0v) is 8.02. The first-order valence-corrected chi connectivity index (χ1v) is 4.39. The minimum absolute atomic E-state index is 0. The largest absolute Gasteiger partial charge is 0.0776 e. The fourth-order valence-corrected chi connectivity index (χ4v) is 1.01. The average molecular weight is 166 g/mol. The lowest BCUT2D eigenvalue weighted by molar-refractivity contribution is 1.11. The molecule has 0 N–H and O–H groups in total. The molecule has 0 amide bonds. The molecule has 0 aliphatic carbocycles. The van der Waals surface area contributed by atoms with Crippen LogP contribution in [0, 0.1) is 6.92 Å². The molecule has 1 rings (SSSR count). The van der Waals surface area contributed by atoms with Gasteiger partial charge < -0.3 is 0 Å². The Morgan fingerprint density at radius 2 is 1.58 bits per heavy atom. The summed E-state index contributed by atoms with van der Waals surface area (Å²) in [7, 11) is 0. The quantitative estimate of drug-likeness (QED) is 0.586. The lowest BCUT2D eigenvalue weighted by Crippen LogP contribution is -1.82. The lowest BCUT2D eigenvalue weighted by atomic mass is 10.1. The van der Waals surface area contributed by atoms with Crippen molar-refractivity contribution in [1.82, 2.24) is 0 Å². The van der Waals surface area contributed by atoms with Gasteiger partial charge in [0.05, 0.1) is 0 Å². The number of rotatable bonds is 1. The van der Waals surface area contributed by atoms with Gasteiger partial charge in [-0.2, -0.15) is 0 Å². The summed E-state index contributed by atoms with van der Waals surface area (Å²) in [6, 6.07) is 8.49. The molecule has 1 aromatic rings. The Morgan fingerprint density at radius 3 is 1.92 bits per heavy atom. The van der Waals surface area contributed by atoms with Gasteiger partial charge >= 0.3 is 0 Å². The maximum absolute atomic E-state index is 2.18. The van der Waals surface area contributed by atoms with E-state index in [1.807, 2.05) is 13.8 Å². The summed E-state index contributed by atoms with van der Waals surface area (Å²) < 4.78 is 0. The van der Waals surface area contributed by atoms with Crippen molar-refractivity contribution in [2.24, 2.45) is 0 Å². The van der Waals surface area contributed by atoms with Gasteiger partial charge in [-0.1, -0.05) is 52.5 Å². The Kier molecular flexibility index (Phi) is 9.56. The van der Waals surface area contributed by atoms with E-state index in [9.17, 15) is 0 Å². The molecule has 0 aliphatic rings. The lowest BCUT2D eigenvalue weighted by Gasteiger charge is -1.98. The highest BCUT2D eigenvalue weighted by Crippen LogP contribution is 2.06. The molecule has 0 spiro atoms. The maximum Gasteiger partial charge on any atom is -0.0305 e. The van der Waals surface area contributed by atoms with Crippen molar-refractivity contribution in [2.75, 3.05) is 0 Å². The Balaban J connectivity index is 0. The topological polar surface area (TPSA) is 0 Å². The Morgan fingerprint density at radius 1 is 1.08 bits per heavy atom. The first-order chi connectivity index (χ1) is 5.34. The van der Waals surface area contributed by atoms with Crippen molar-refractivity contribution < 1.29 is 0 Å². The Labute approximate surface area is 77.6 Å². The van der Waals surface area contributed by atoms with E-state index in [2.05, 4.69) is 38.1 Å². The van der Waals surface area contributed by atoms with Crippen LogP contribution in [0.1, 0.15) is 39.3 Å². The highest BCUT2D eigenvalue weighted by atomic mass is 13.9. The molecule has 0 heterocycles. The molecule has 0 fully saturated rings. The second-order valence-electron chi connectivity index (χ2n) is 2.28. The minimum Gasteiger partial charge on any atom is -0.0776 e. The van der Waals surface area contributed by atoms with E-state index < -0.39 is 0 Å². The minimum atomic E-state index is 0. The molecule has 0 aromatic heterocycles. The van der Waals surface area contributed by atoms with E-state index >= 15 is 0 Å². The van der Waals surface area contributed by atoms with Crippen LogP contribution >= 0.6 is 0 Å². The molecular weight excluding hydrogens is 144 g/mol. The third-order valence-electron chi connectivity index (χ3n) is 1.64. The molecule has 0 nitrogen and oxygen atoms in total. The van der Waals surface area contributed by atoms with Gasteiger partial charge in [-0.25, -0.2) is 0 Å². The highest BCUT2D eigenvalue weighted by Gasteiger charge is 1.89. The van der Waals surface area contributed by atoms with Gasteiger partial charge in [-0.05, 0) is 24.5 Å².